The van der Waals surface area contributed by atoms with Crippen molar-refractivity contribution in [2.75, 3.05) is 5.73 Å². The van der Waals surface area contributed by atoms with E-state index in [0.29, 0.717) is 38.4 Å². The summed E-state index contributed by atoms with van der Waals surface area (Å²) in [4.78, 5) is 24.1. The molecule has 3 aromatic rings. The normalized spacial score (nSPS) is 10.9. The minimum Gasteiger partial charge on any atom is -0.481 e. The first-order valence-electron chi connectivity index (χ1n) is 7.30. The molecule has 0 saturated carbocycles. The Morgan fingerprint density at radius 3 is 2.46 bits per heavy atom. The van der Waals surface area contributed by atoms with E-state index in [1.807, 2.05) is 0 Å². The first-order valence-corrected chi connectivity index (χ1v) is 7.67. The van der Waals surface area contributed by atoms with Crippen molar-refractivity contribution in [1.29, 1.82) is 0 Å². The van der Waals surface area contributed by atoms with Crippen molar-refractivity contribution < 1.29 is 14.7 Å². The van der Waals surface area contributed by atoms with E-state index >= 15 is 0 Å². The van der Waals surface area contributed by atoms with Gasteiger partial charge < -0.3 is 10.8 Å². The summed E-state index contributed by atoms with van der Waals surface area (Å²) in [6, 6.07) is 11.7. The number of aliphatic carboxylic acids is 1. The molecule has 0 bridgehead atoms. The molecule has 3 rings (SSSR count). The van der Waals surface area contributed by atoms with Crippen LogP contribution in [0.15, 0.2) is 42.5 Å². The van der Waals surface area contributed by atoms with Gasteiger partial charge in [-0.3, -0.25) is 14.2 Å². The number of anilines is 1. The van der Waals surface area contributed by atoms with Crippen molar-refractivity contribution in [3.8, 4) is 0 Å². The van der Waals surface area contributed by atoms with Crippen LogP contribution in [0.2, 0.25) is 5.02 Å². The van der Waals surface area contributed by atoms with Gasteiger partial charge in [-0.05, 0) is 55.0 Å². The fourth-order valence-electron chi connectivity index (χ4n) is 2.86. The zero-order valence-corrected chi connectivity index (χ0v) is 13.7. The molecule has 0 amide bonds. The zero-order valence-electron chi connectivity index (χ0n) is 12.9. The Morgan fingerprint density at radius 1 is 1.17 bits per heavy atom. The summed E-state index contributed by atoms with van der Waals surface area (Å²) in [5, 5.41) is 10.4. The summed E-state index contributed by atoms with van der Waals surface area (Å²) in [5.41, 5.74) is 8.64. The van der Waals surface area contributed by atoms with Crippen molar-refractivity contribution in [2.45, 2.75) is 13.3 Å². The Bertz CT molecular complexity index is 959. The molecule has 1 heterocycles. The number of carboxylic acid groups (broad SMARTS) is 1. The third-order valence-electron chi connectivity index (χ3n) is 3.98. The van der Waals surface area contributed by atoms with Gasteiger partial charge in [-0.25, -0.2) is 0 Å². The fourth-order valence-corrected chi connectivity index (χ4v) is 2.98. The van der Waals surface area contributed by atoms with Crippen molar-refractivity contribution >= 4 is 40.1 Å². The van der Waals surface area contributed by atoms with E-state index in [4.69, 9.17) is 17.3 Å². The highest BCUT2D eigenvalue weighted by molar-refractivity contribution is 6.30. The first kappa shape index (κ1) is 16.1. The summed E-state index contributed by atoms with van der Waals surface area (Å²) in [6.07, 6.45) is -0.174. The molecule has 0 atom stereocenters. The summed E-state index contributed by atoms with van der Waals surface area (Å²) in [7, 11) is 0. The van der Waals surface area contributed by atoms with Gasteiger partial charge in [-0.1, -0.05) is 11.6 Å². The van der Waals surface area contributed by atoms with Crippen molar-refractivity contribution in [3.63, 3.8) is 0 Å². The van der Waals surface area contributed by atoms with Gasteiger partial charge in [-0.2, -0.15) is 0 Å². The standard InChI is InChI=1S/C18H15ClN2O3/c1-10-14(9-17(22)23)15-8-13(20)6-7-16(15)21(10)18(24)11-2-4-12(19)5-3-11/h2-8H,9,20H2,1H3,(H,22,23). The van der Waals surface area contributed by atoms with Crippen LogP contribution in [0.25, 0.3) is 10.9 Å². The highest BCUT2D eigenvalue weighted by atomic mass is 35.5. The molecule has 0 saturated heterocycles. The average Bonchev–Trinajstić information content (AvgIpc) is 2.79. The lowest BCUT2D eigenvalue weighted by atomic mass is 10.1. The highest BCUT2D eigenvalue weighted by Gasteiger charge is 2.21. The van der Waals surface area contributed by atoms with Crippen LogP contribution in [0.1, 0.15) is 21.6 Å². The monoisotopic (exact) mass is 342 g/mol. The lowest BCUT2D eigenvalue weighted by Crippen LogP contribution is -2.14. The molecular weight excluding hydrogens is 328 g/mol. The third kappa shape index (κ3) is 2.74. The second-order valence-electron chi connectivity index (χ2n) is 5.56. The molecule has 5 nitrogen and oxygen atoms in total. The molecule has 1 aromatic heterocycles. The Kier molecular flexibility index (Phi) is 4.03. The van der Waals surface area contributed by atoms with E-state index < -0.39 is 5.97 Å². The van der Waals surface area contributed by atoms with Gasteiger partial charge in [0.25, 0.3) is 5.91 Å². The topological polar surface area (TPSA) is 85.3 Å². The fraction of sp³-hybridized carbons (Fsp3) is 0.111. The number of aromatic nitrogens is 1. The molecular formula is C18H15ClN2O3. The minimum absolute atomic E-state index is 0.174. The van der Waals surface area contributed by atoms with Crippen LogP contribution in [0.4, 0.5) is 5.69 Å². The number of halogens is 1. The van der Waals surface area contributed by atoms with E-state index in [9.17, 15) is 14.7 Å². The number of carbonyl (C=O) groups is 2. The molecule has 0 fully saturated rings. The van der Waals surface area contributed by atoms with Gasteiger partial charge in [0.15, 0.2) is 0 Å². The Morgan fingerprint density at radius 2 is 1.83 bits per heavy atom. The summed E-state index contributed by atoms with van der Waals surface area (Å²) < 4.78 is 1.52. The molecule has 24 heavy (non-hydrogen) atoms. The molecule has 0 unspecified atom stereocenters. The summed E-state index contributed by atoms with van der Waals surface area (Å²) in [5.74, 6) is -1.20. The predicted molar refractivity (Wildman–Crippen MR) is 93.6 cm³/mol. The minimum atomic E-state index is -0.960. The van der Waals surface area contributed by atoms with Crippen LogP contribution in [0.3, 0.4) is 0 Å². The molecule has 0 aliphatic heterocycles. The van der Waals surface area contributed by atoms with E-state index in [0.717, 1.165) is 0 Å². The van der Waals surface area contributed by atoms with Crippen molar-refractivity contribution in [1.82, 2.24) is 4.57 Å². The Labute approximate surface area is 143 Å². The molecule has 2 aromatic carbocycles. The number of hydrogen-bond acceptors (Lipinski definition) is 3. The number of carboxylic acids is 1. The van der Waals surface area contributed by atoms with E-state index in [1.54, 1.807) is 49.4 Å². The number of hydrogen-bond donors (Lipinski definition) is 2. The lowest BCUT2D eigenvalue weighted by molar-refractivity contribution is -0.136. The van der Waals surface area contributed by atoms with Gasteiger partial charge in [0, 0.05) is 27.4 Å². The van der Waals surface area contributed by atoms with Gasteiger partial charge >= 0.3 is 5.97 Å². The largest absolute Gasteiger partial charge is 0.481 e. The number of carbonyl (C=O) groups excluding carboxylic acids is 1. The van der Waals surface area contributed by atoms with Gasteiger partial charge in [0.1, 0.15) is 0 Å². The van der Waals surface area contributed by atoms with E-state index in [-0.39, 0.29) is 12.3 Å². The molecule has 6 heteroatoms. The Balaban J connectivity index is 2.24. The quantitative estimate of drug-likeness (QED) is 0.713. The van der Waals surface area contributed by atoms with Gasteiger partial charge in [0.2, 0.25) is 0 Å². The number of nitrogens with zero attached hydrogens (tertiary/aromatic N) is 1. The van der Waals surface area contributed by atoms with Gasteiger partial charge in [0.05, 0.1) is 11.9 Å². The lowest BCUT2D eigenvalue weighted by Gasteiger charge is -2.07. The third-order valence-corrected chi connectivity index (χ3v) is 4.23. The number of nitrogens with two attached hydrogens (primary N) is 1. The number of rotatable bonds is 3. The van der Waals surface area contributed by atoms with Crippen molar-refractivity contribution in [2.24, 2.45) is 0 Å². The maximum absolute atomic E-state index is 12.9. The zero-order chi connectivity index (χ0) is 17.4. The van der Waals surface area contributed by atoms with Crippen LogP contribution < -0.4 is 5.73 Å². The number of fused-ring (bicyclic) bond motifs is 1. The highest BCUT2D eigenvalue weighted by Crippen LogP contribution is 2.29. The second-order valence-corrected chi connectivity index (χ2v) is 5.99. The van der Waals surface area contributed by atoms with Crippen LogP contribution in [-0.4, -0.2) is 21.6 Å². The first-order chi connectivity index (χ1) is 11.4. The van der Waals surface area contributed by atoms with Crippen LogP contribution in [-0.2, 0) is 11.2 Å². The predicted octanol–water partition coefficient (Wildman–Crippen LogP) is 3.50. The number of nitrogen functional groups attached to an aromatic ring is 1. The molecule has 122 valence electrons. The van der Waals surface area contributed by atoms with Crippen molar-refractivity contribution in [3.05, 3.63) is 64.3 Å². The second kappa shape index (κ2) is 6.02. The maximum Gasteiger partial charge on any atom is 0.307 e. The molecule has 0 spiro atoms. The molecule has 0 radical (unpaired) electrons. The smallest absolute Gasteiger partial charge is 0.307 e. The maximum atomic E-state index is 12.9. The number of benzene rings is 2. The molecule has 0 aliphatic rings. The average molecular weight is 343 g/mol. The summed E-state index contributed by atoms with van der Waals surface area (Å²) in [6.45, 7) is 1.74. The van der Waals surface area contributed by atoms with Crippen LogP contribution in [0, 0.1) is 6.92 Å². The SMILES string of the molecule is Cc1c(CC(=O)O)c2cc(N)ccc2n1C(=O)c1ccc(Cl)cc1. The van der Waals surface area contributed by atoms with Gasteiger partial charge in [-0.15, -0.1) is 0 Å². The van der Waals surface area contributed by atoms with E-state index in [2.05, 4.69) is 0 Å². The van der Waals surface area contributed by atoms with Crippen LogP contribution in [0.5, 0.6) is 0 Å². The summed E-state index contributed by atoms with van der Waals surface area (Å²) >= 11 is 5.87. The molecule has 3 N–H and O–H groups in total. The Hall–Kier alpha value is -2.79. The molecule has 0 aliphatic carbocycles. The van der Waals surface area contributed by atoms with Crippen LogP contribution >= 0.6 is 11.6 Å². The van der Waals surface area contributed by atoms with E-state index in [1.165, 1.54) is 4.57 Å².